The first-order valence-electron chi connectivity index (χ1n) is 11.2. The van der Waals surface area contributed by atoms with Gasteiger partial charge in [-0.1, -0.05) is 0 Å². The monoisotopic (exact) mass is 516 g/mol. The highest BCUT2D eigenvalue weighted by Crippen LogP contribution is 2.33. The normalized spacial score (nSPS) is 11.7. The summed E-state index contributed by atoms with van der Waals surface area (Å²) in [5, 5.41) is 10.4. The van der Waals surface area contributed by atoms with Gasteiger partial charge in [0.25, 0.3) is 5.91 Å². The minimum absolute atomic E-state index is 0.0166. The molecule has 10 nitrogen and oxygen atoms in total. The smallest absolute Gasteiger partial charge is 0.433 e. The van der Waals surface area contributed by atoms with Crippen molar-refractivity contribution in [2.45, 2.75) is 39.6 Å². The van der Waals surface area contributed by atoms with Crippen LogP contribution in [-0.4, -0.2) is 49.5 Å². The van der Waals surface area contributed by atoms with E-state index in [1.807, 2.05) is 0 Å². The lowest BCUT2D eigenvalue weighted by atomic mass is 10.1. The Balaban J connectivity index is 1.78. The van der Waals surface area contributed by atoms with Crippen molar-refractivity contribution in [3.05, 3.63) is 59.7 Å². The number of methoxy groups -OCH3 is 1. The Bertz CT molecular complexity index is 1460. The van der Waals surface area contributed by atoms with Crippen LogP contribution in [-0.2, 0) is 17.5 Å². The van der Waals surface area contributed by atoms with E-state index in [1.165, 1.54) is 18.0 Å². The minimum atomic E-state index is -4.78. The molecule has 1 N–H and O–H groups in total. The van der Waals surface area contributed by atoms with Crippen molar-refractivity contribution in [1.82, 2.24) is 24.4 Å². The van der Waals surface area contributed by atoms with Gasteiger partial charge in [0.1, 0.15) is 11.3 Å². The van der Waals surface area contributed by atoms with Crippen LogP contribution in [0.5, 0.6) is 5.75 Å². The summed E-state index contributed by atoms with van der Waals surface area (Å²) in [5.74, 6) is -1.06. The van der Waals surface area contributed by atoms with E-state index >= 15 is 0 Å². The van der Waals surface area contributed by atoms with Crippen LogP contribution in [0.3, 0.4) is 0 Å². The number of amides is 1. The topological polar surface area (TPSA) is 113 Å². The summed E-state index contributed by atoms with van der Waals surface area (Å²) in [6, 6.07) is 7.14. The molecular weight excluding hydrogens is 493 g/mol. The van der Waals surface area contributed by atoms with Gasteiger partial charge in [0.05, 0.1) is 30.8 Å². The summed E-state index contributed by atoms with van der Waals surface area (Å²) in [4.78, 5) is 30.0. The molecule has 0 radical (unpaired) electrons. The fourth-order valence-corrected chi connectivity index (χ4v) is 3.52. The molecule has 3 heterocycles. The summed E-state index contributed by atoms with van der Waals surface area (Å²) in [5.41, 5.74) is -1.38. The van der Waals surface area contributed by atoms with Crippen molar-refractivity contribution in [3.8, 4) is 17.0 Å². The number of benzene rings is 1. The first-order valence-corrected chi connectivity index (χ1v) is 11.2. The Morgan fingerprint density at radius 1 is 1.16 bits per heavy atom. The molecule has 1 amide bonds. The summed E-state index contributed by atoms with van der Waals surface area (Å²) >= 11 is 0. The molecule has 0 spiro atoms. The number of anilines is 1. The average Bonchev–Trinajstić information content (AvgIpc) is 3.46. The predicted molar refractivity (Wildman–Crippen MR) is 126 cm³/mol. The van der Waals surface area contributed by atoms with Crippen molar-refractivity contribution >= 4 is 23.2 Å². The number of carbonyl (C=O) groups is 2. The zero-order valence-corrected chi connectivity index (χ0v) is 20.3. The van der Waals surface area contributed by atoms with Gasteiger partial charge in [-0.25, -0.2) is 14.3 Å². The Kier molecular flexibility index (Phi) is 6.88. The SMILES string of the molecule is CCn1cc(NC(=O)c2cnn3c(C(F)(F)F)cc(-c4ccc(OC)cc4)nc23)c(C(=O)OC(C)C)n1. The number of hydrogen-bond acceptors (Lipinski definition) is 7. The standard InChI is InChI=1S/C24H23F3N6O4/c1-5-32-12-18(20(31-32)23(35)37-13(2)3)30-22(34)16-11-28-33-19(24(25,26)27)10-17(29-21(16)33)14-6-8-15(36-4)9-7-14/h6-13H,5H2,1-4H3,(H,30,34). The Hall–Kier alpha value is -4.42. The molecule has 4 rings (SSSR count). The molecule has 194 valence electrons. The highest BCUT2D eigenvalue weighted by molar-refractivity contribution is 6.10. The minimum Gasteiger partial charge on any atom is -0.497 e. The first-order chi connectivity index (χ1) is 17.5. The summed E-state index contributed by atoms with van der Waals surface area (Å²) in [6.07, 6.45) is -2.79. The van der Waals surface area contributed by atoms with Gasteiger partial charge < -0.3 is 14.8 Å². The number of nitrogens with zero attached hydrogens (tertiary/aromatic N) is 5. The first kappa shape index (κ1) is 25.7. The molecule has 0 saturated heterocycles. The largest absolute Gasteiger partial charge is 0.497 e. The maximum absolute atomic E-state index is 13.9. The Morgan fingerprint density at radius 2 is 1.86 bits per heavy atom. The van der Waals surface area contributed by atoms with Gasteiger partial charge in [-0.05, 0) is 51.1 Å². The molecule has 0 aliphatic carbocycles. The number of hydrogen-bond donors (Lipinski definition) is 1. The Labute approximate surface area is 209 Å². The fraction of sp³-hybridized carbons (Fsp3) is 0.292. The number of fused-ring (bicyclic) bond motifs is 1. The van der Waals surface area contributed by atoms with E-state index in [-0.39, 0.29) is 28.3 Å². The maximum Gasteiger partial charge on any atom is 0.433 e. The lowest BCUT2D eigenvalue weighted by Gasteiger charge is -2.12. The third-order valence-corrected chi connectivity index (χ3v) is 5.26. The van der Waals surface area contributed by atoms with Crippen molar-refractivity contribution in [3.63, 3.8) is 0 Å². The average molecular weight is 516 g/mol. The summed E-state index contributed by atoms with van der Waals surface area (Å²) in [6.45, 7) is 5.51. The molecule has 0 fully saturated rings. The maximum atomic E-state index is 13.9. The summed E-state index contributed by atoms with van der Waals surface area (Å²) in [7, 11) is 1.47. The number of aryl methyl sites for hydroxylation is 1. The van der Waals surface area contributed by atoms with Crippen molar-refractivity contribution < 1.29 is 32.2 Å². The number of aromatic nitrogens is 5. The zero-order valence-electron chi connectivity index (χ0n) is 20.3. The highest BCUT2D eigenvalue weighted by atomic mass is 19.4. The third kappa shape index (κ3) is 5.25. The fourth-order valence-electron chi connectivity index (χ4n) is 3.52. The molecule has 4 aromatic rings. The number of carbonyl (C=O) groups excluding carboxylic acids is 2. The van der Waals surface area contributed by atoms with Crippen LogP contribution in [0.15, 0.2) is 42.7 Å². The third-order valence-electron chi connectivity index (χ3n) is 5.26. The molecule has 0 bridgehead atoms. The number of ether oxygens (including phenoxy) is 2. The lowest BCUT2D eigenvalue weighted by Crippen LogP contribution is -2.18. The molecule has 0 atom stereocenters. The van der Waals surface area contributed by atoms with Crippen LogP contribution in [0.25, 0.3) is 16.9 Å². The number of rotatable bonds is 7. The number of halogens is 3. The van der Waals surface area contributed by atoms with Crippen LogP contribution in [0, 0.1) is 0 Å². The number of esters is 1. The summed E-state index contributed by atoms with van der Waals surface area (Å²) < 4.78 is 54.0. The van der Waals surface area contributed by atoms with Crippen LogP contribution >= 0.6 is 0 Å². The van der Waals surface area contributed by atoms with E-state index in [9.17, 15) is 22.8 Å². The van der Waals surface area contributed by atoms with E-state index in [0.29, 0.717) is 22.4 Å². The molecule has 37 heavy (non-hydrogen) atoms. The van der Waals surface area contributed by atoms with Gasteiger partial charge >= 0.3 is 12.1 Å². The lowest BCUT2D eigenvalue weighted by molar-refractivity contribution is -0.142. The quantitative estimate of drug-likeness (QED) is 0.361. The molecule has 1 aromatic carbocycles. The van der Waals surface area contributed by atoms with Gasteiger partial charge in [0.15, 0.2) is 17.0 Å². The van der Waals surface area contributed by atoms with Crippen LogP contribution in [0.1, 0.15) is 47.3 Å². The van der Waals surface area contributed by atoms with Crippen LogP contribution < -0.4 is 10.1 Å². The van der Waals surface area contributed by atoms with Crippen molar-refractivity contribution in [2.24, 2.45) is 0 Å². The van der Waals surface area contributed by atoms with Gasteiger partial charge in [-0.2, -0.15) is 23.4 Å². The molecule has 0 saturated carbocycles. The van der Waals surface area contributed by atoms with Crippen LogP contribution in [0.4, 0.5) is 18.9 Å². The second-order valence-corrected chi connectivity index (χ2v) is 8.20. The number of nitrogens with one attached hydrogen (secondary N) is 1. The van der Waals surface area contributed by atoms with Gasteiger partial charge in [-0.3, -0.25) is 9.48 Å². The number of alkyl halides is 3. The Morgan fingerprint density at radius 3 is 2.46 bits per heavy atom. The molecular formula is C24H23F3N6O4. The molecule has 0 aliphatic heterocycles. The predicted octanol–water partition coefficient (Wildman–Crippen LogP) is 4.46. The van der Waals surface area contributed by atoms with Crippen LogP contribution in [0.2, 0.25) is 0 Å². The molecule has 13 heteroatoms. The molecule has 0 aliphatic rings. The van der Waals surface area contributed by atoms with E-state index < -0.39 is 29.9 Å². The van der Waals surface area contributed by atoms with Crippen molar-refractivity contribution in [2.75, 3.05) is 12.4 Å². The van der Waals surface area contributed by atoms with Gasteiger partial charge in [-0.15, -0.1) is 0 Å². The van der Waals surface area contributed by atoms with E-state index in [4.69, 9.17) is 9.47 Å². The van der Waals surface area contributed by atoms with E-state index in [0.717, 1.165) is 12.3 Å². The molecule has 0 unspecified atom stereocenters. The van der Waals surface area contributed by atoms with E-state index in [2.05, 4.69) is 20.5 Å². The van der Waals surface area contributed by atoms with E-state index in [1.54, 1.807) is 45.0 Å². The van der Waals surface area contributed by atoms with Gasteiger partial charge in [0.2, 0.25) is 0 Å². The van der Waals surface area contributed by atoms with Gasteiger partial charge in [0, 0.05) is 18.3 Å². The highest BCUT2D eigenvalue weighted by Gasteiger charge is 2.36. The van der Waals surface area contributed by atoms with Crippen molar-refractivity contribution in [1.29, 1.82) is 0 Å². The molecule has 3 aromatic heterocycles. The second-order valence-electron chi connectivity index (χ2n) is 8.20. The second kappa shape index (κ2) is 9.91. The zero-order chi connectivity index (χ0) is 26.9.